The molecule has 1 heterocycles. The number of anilines is 1. The fourth-order valence-corrected chi connectivity index (χ4v) is 4.57. The third-order valence-corrected chi connectivity index (χ3v) is 6.40. The van der Waals surface area contributed by atoms with Crippen LogP contribution in [0.3, 0.4) is 0 Å². The number of ether oxygens (including phenoxy) is 1. The van der Waals surface area contributed by atoms with E-state index in [4.69, 9.17) is 16.3 Å². The van der Waals surface area contributed by atoms with E-state index in [1.165, 1.54) is 25.3 Å². The predicted octanol–water partition coefficient (Wildman–Crippen LogP) is 5.35. The Morgan fingerprint density at radius 3 is 2.56 bits per heavy atom. The first-order valence-corrected chi connectivity index (χ1v) is 11.5. The number of halogens is 3. The van der Waals surface area contributed by atoms with Gasteiger partial charge in [-0.3, -0.25) is 14.9 Å². The number of methoxy groups -OCH3 is 1. The number of urea groups is 1. The summed E-state index contributed by atoms with van der Waals surface area (Å²) in [7, 11) is 1.49. The van der Waals surface area contributed by atoms with E-state index in [0.717, 1.165) is 14.0 Å². The number of amides is 4. The van der Waals surface area contributed by atoms with Crippen LogP contribution in [-0.2, 0) is 16.0 Å². The monoisotopic (exact) mass is 590 g/mol. The molecule has 1 aliphatic heterocycles. The number of imide groups is 2. The number of carbonyl (C=O) groups excluding carboxylic acids is 3. The Morgan fingerprint density at radius 1 is 1.09 bits per heavy atom. The van der Waals surface area contributed by atoms with Gasteiger partial charge in [0.05, 0.1) is 12.8 Å². The number of hydrogen-bond donors (Lipinski definition) is 1. The largest absolute Gasteiger partial charge is 0.496 e. The van der Waals surface area contributed by atoms with Crippen LogP contribution in [0.2, 0.25) is 5.02 Å². The van der Waals surface area contributed by atoms with Crippen LogP contribution in [0.4, 0.5) is 14.9 Å². The summed E-state index contributed by atoms with van der Waals surface area (Å²) < 4.78 is 20.5. The number of benzene rings is 3. The van der Waals surface area contributed by atoms with Crippen LogP contribution < -0.4 is 15.0 Å². The number of carbonyl (C=O) groups is 3. The highest BCUT2D eigenvalue weighted by molar-refractivity contribution is 14.1. The molecule has 0 bridgehead atoms. The number of nitrogens with zero attached hydrogens (tertiary/aromatic N) is 1. The van der Waals surface area contributed by atoms with Crippen molar-refractivity contribution in [1.29, 1.82) is 0 Å². The summed E-state index contributed by atoms with van der Waals surface area (Å²) in [6.07, 6.45) is 1.70. The second kappa shape index (κ2) is 9.94. The molecule has 1 saturated heterocycles. The van der Waals surface area contributed by atoms with Gasteiger partial charge in [-0.15, -0.1) is 0 Å². The number of hydrogen-bond acceptors (Lipinski definition) is 4. The fraction of sp³-hybridized carbons (Fsp3) is 0.0800. The molecule has 172 valence electrons. The van der Waals surface area contributed by atoms with Gasteiger partial charge in [-0.05, 0) is 76.2 Å². The third-order valence-electron chi connectivity index (χ3n) is 5.20. The molecule has 0 spiro atoms. The highest BCUT2D eigenvalue weighted by atomic mass is 127. The standard InChI is InChI=1S/C25H17ClFIN2O4/c1-34-22-11-14(10-21(28)18(22)12-15-5-2-3-8-20(15)27)9-19-23(31)29-25(33)30(24(19)32)17-7-4-6-16(26)13-17/h2-11,13H,12H2,1H3,(H,29,31,33)/b19-9+. The minimum atomic E-state index is -0.859. The van der Waals surface area contributed by atoms with Crippen molar-refractivity contribution in [3.63, 3.8) is 0 Å². The van der Waals surface area contributed by atoms with Crippen LogP contribution in [0, 0.1) is 9.39 Å². The quantitative estimate of drug-likeness (QED) is 0.247. The van der Waals surface area contributed by atoms with Crippen LogP contribution >= 0.6 is 34.2 Å². The van der Waals surface area contributed by atoms with E-state index in [-0.39, 0.29) is 17.1 Å². The Balaban J connectivity index is 1.72. The van der Waals surface area contributed by atoms with Crippen molar-refractivity contribution in [2.45, 2.75) is 6.42 Å². The maximum Gasteiger partial charge on any atom is 0.335 e. The average Bonchev–Trinajstić information content (AvgIpc) is 2.79. The molecule has 0 aromatic heterocycles. The molecule has 4 amide bonds. The van der Waals surface area contributed by atoms with Gasteiger partial charge in [0.15, 0.2) is 0 Å². The lowest BCUT2D eigenvalue weighted by atomic mass is 10.00. The molecular weight excluding hydrogens is 574 g/mol. The summed E-state index contributed by atoms with van der Waals surface area (Å²) in [5.74, 6) is -1.42. The van der Waals surface area contributed by atoms with E-state index in [0.29, 0.717) is 28.3 Å². The molecule has 9 heteroatoms. The molecule has 4 rings (SSSR count). The van der Waals surface area contributed by atoms with Gasteiger partial charge in [-0.25, -0.2) is 14.1 Å². The molecule has 0 radical (unpaired) electrons. The zero-order valence-corrected chi connectivity index (χ0v) is 20.7. The van der Waals surface area contributed by atoms with E-state index in [2.05, 4.69) is 27.9 Å². The first-order valence-electron chi connectivity index (χ1n) is 10.1. The number of rotatable bonds is 5. The molecule has 1 aliphatic rings. The Morgan fingerprint density at radius 2 is 1.85 bits per heavy atom. The van der Waals surface area contributed by atoms with Crippen molar-refractivity contribution < 1.29 is 23.5 Å². The lowest BCUT2D eigenvalue weighted by molar-refractivity contribution is -0.122. The van der Waals surface area contributed by atoms with E-state index >= 15 is 0 Å². The summed E-state index contributed by atoms with van der Waals surface area (Å²) in [6.45, 7) is 0. The molecular formula is C25H17ClFIN2O4. The highest BCUT2D eigenvalue weighted by Gasteiger charge is 2.37. The summed E-state index contributed by atoms with van der Waals surface area (Å²) in [4.78, 5) is 38.8. The molecule has 0 saturated carbocycles. The first-order chi connectivity index (χ1) is 16.3. The number of nitrogens with one attached hydrogen (secondary N) is 1. The summed E-state index contributed by atoms with van der Waals surface area (Å²) in [6, 6.07) is 15.2. The SMILES string of the molecule is COc1cc(/C=C2\C(=O)NC(=O)N(c3cccc(Cl)c3)C2=O)cc(I)c1Cc1ccccc1F. The van der Waals surface area contributed by atoms with Crippen molar-refractivity contribution in [1.82, 2.24) is 5.32 Å². The van der Waals surface area contributed by atoms with E-state index < -0.39 is 17.8 Å². The summed E-state index contributed by atoms with van der Waals surface area (Å²) >= 11 is 8.10. The Bertz CT molecular complexity index is 1360. The molecule has 34 heavy (non-hydrogen) atoms. The van der Waals surface area contributed by atoms with Gasteiger partial charge < -0.3 is 4.74 Å². The van der Waals surface area contributed by atoms with Gasteiger partial charge in [0.1, 0.15) is 17.1 Å². The Kier molecular flexibility index (Phi) is 6.99. The second-order valence-corrected chi connectivity index (χ2v) is 8.99. The molecule has 3 aromatic rings. The predicted molar refractivity (Wildman–Crippen MR) is 135 cm³/mol. The molecule has 1 N–H and O–H groups in total. The normalized spacial score (nSPS) is 15.0. The third kappa shape index (κ3) is 4.83. The molecule has 0 unspecified atom stereocenters. The fourth-order valence-electron chi connectivity index (χ4n) is 3.57. The van der Waals surface area contributed by atoms with Gasteiger partial charge in [0.2, 0.25) is 0 Å². The van der Waals surface area contributed by atoms with Crippen LogP contribution in [-0.4, -0.2) is 25.0 Å². The summed E-state index contributed by atoms with van der Waals surface area (Å²) in [5.41, 5.74) is 1.81. The van der Waals surface area contributed by atoms with Gasteiger partial charge in [0, 0.05) is 20.6 Å². The van der Waals surface area contributed by atoms with Gasteiger partial charge >= 0.3 is 6.03 Å². The minimum absolute atomic E-state index is 0.223. The maximum absolute atomic E-state index is 14.2. The van der Waals surface area contributed by atoms with Gasteiger partial charge in [0.25, 0.3) is 11.8 Å². The van der Waals surface area contributed by atoms with Crippen molar-refractivity contribution in [2.75, 3.05) is 12.0 Å². The lowest BCUT2D eigenvalue weighted by Gasteiger charge is -2.26. The number of barbiturate groups is 1. The Hall–Kier alpha value is -3.24. The van der Waals surface area contributed by atoms with E-state index in [9.17, 15) is 18.8 Å². The zero-order valence-electron chi connectivity index (χ0n) is 17.8. The smallest absolute Gasteiger partial charge is 0.335 e. The van der Waals surface area contributed by atoms with Crippen LogP contribution in [0.15, 0.2) is 66.2 Å². The van der Waals surface area contributed by atoms with Crippen molar-refractivity contribution in [3.05, 3.63) is 97.3 Å². The van der Waals surface area contributed by atoms with Crippen LogP contribution in [0.5, 0.6) is 5.75 Å². The molecule has 3 aromatic carbocycles. The topological polar surface area (TPSA) is 75.7 Å². The van der Waals surface area contributed by atoms with E-state index in [1.54, 1.807) is 48.5 Å². The lowest BCUT2D eigenvalue weighted by Crippen LogP contribution is -2.54. The second-order valence-electron chi connectivity index (χ2n) is 7.39. The molecule has 6 nitrogen and oxygen atoms in total. The average molecular weight is 591 g/mol. The van der Waals surface area contributed by atoms with Gasteiger partial charge in [-0.2, -0.15) is 0 Å². The zero-order chi connectivity index (χ0) is 24.4. The van der Waals surface area contributed by atoms with Crippen LogP contribution in [0.1, 0.15) is 16.7 Å². The highest BCUT2D eigenvalue weighted by Crippen LogP contribution is 2.31. The van der Waals surface area contributed by atoms with Gasteiger partial charge in [-0.1, -0.05) is 35.9 Å². The van der Waals surface area contributed by atoms with Crippen LogP contribution in [0.25, 0.3) is 6.08 Å². The van der Waals surface area contributed by atoms with Crippen molar-refractivity contribution in [2.24, 2.45) is 0 Å². The minimum Gasteiger partial charge on any atom is -0.496 e. The maximum atomic E-state index is 14.2. The Labute approximate surface area is 213 Å². The molecule has 1 fully saturated rings. The van der Waals surface area contributed by atoms with Crippen molar-refractivity contribution >= 4 is 63.8 Å². The summed E-state index contributed by atoms with van der Waals surface area (Å²) in [5, 5.41) is 2.52. The van der Waals surface area contributed by atoms with Crippen molar-refractivity contribution in [3.8, 4) is 5.75 Å². The molecule has 0 atom stereocenters. The van der Waals surface area contributed by atoms with E-state index in [1.807, 2.05) is 0 Å². The molecule has 0 aliphatic carbocycles. The first kappa shape index (κ1) is 23.9.